The highest BCUT2D eigenvalue weighted by atomic mass is 32.2. The van der Waals surface area contributed by atoms with E-state index in [0.717, 1.165) is 43.4 Å². The number of hydrogen-bond acceptors (Lipinski definition) is 3. The van der Waals surface area contributed by atoms with E-state index in [0.29, 0.717) is 17.7 Å². The molecule has 0 saturated heterocycles. The van der Waals surface area contributed by atoms with Crippen molar-refractivity contribution in [2.75, 3.05) is 4.31 Å². The van der Waals surface area contributed by atoms with Crippen LogP contribution in [0.4, 0.5) is 10.1 Å². The molecule has 1 atom stereocenters. The van der Waals surface area contributed by atoms with E-state index in [1.54, 1.807) is 18.2 Å². The van der Waals surface area contributed by atoms with Crippen LogP contribution in [0, 0.1) is 5.82 Å². The van der Waals surface area contributed by atoms with E-state index in [2.05, 4.69) is 5.32 Å². The van der Waals surface area contributed by atoms with E-state index in [9.17, 15) is 17.6 Å². The maximum absolute atomic E-state index is 13.2. The van der Waals surface area contributed by atoms with Crippen LogP contribution in [0.25, 0.3) is 0 Å². The summed E-state index contributed by atoms with van der Waals surface area (Å²) in [6.07, 6.45) is 6.06. The molecule has 7 heteroatoms. The molecular weight excluding hydrogens is 391 g/mol. The molecule has 1 aliphatic heterocycles. The first-order valence-electron chi connectivity index (χ1n) is 10.1. The second-order valence-electron chi connectivity index (χ2n) is 7.96. The summed E-state index contributed by atoms with van der Waals surface area (Å²) in [6, 6.07) is 9.97. The van der Waals surface area contributed by atoms with Crippen LogP contribution in [0.2, 0.25) is 0 Å². The molecule has 0 unspecified atom stereocenters. The van der Waals surface area contributed by atoms with E-state index in [1.807, 2.05) is 6.92 Å². The minimum atomic E-state index is -3.81. The molecule has 0 aromatic heterocycles. The average Bonchev–Trinajstić information content (AvgIpc) is 3.04. The predicted molar refractivity (Wildman–Crippen MR) is 110 cm³/mol. The van der Waals surface area contributed by atoms with E-state index < -0.39 is 15.8 Å². The predicted octanol–water partition coefficient (Wildman–Crippen LogP) is 4.03. The molecule has 29 heavy (non-hydrogen) atoms. The zero-order valence-electron chi connectivity index (χ0n) is 16.4. The Morgan fingerprint density at radius 3 is 2.45 bits per heavy atom. The van der Waals surface area contributed by atoms with Crippen LogP contribution in [0.1, 0.15) is 54.9 Å². The number of anilines is 1. The quantitative estimate of drug-likeness (QED) is 0.818. The molecule has 1 aliphatic carbocycles. The van der Waals surface area contributed by atoms with Crippen molar-refractivity contribution in [3.63, 3.8) is 0 Å². The number of amides is 1. The molecule has 5 nitrogen and oxygen atoms in total. The first kappa shape index (κ1) is 19.9. The molecule has 1 N–H and O–H groups in total. The topological polar surface area (TPSA) is 66.5 Å². The Labute approximate surface area is 171 Å². The van der Waals surface area contributed by atoms with Crippen LogP contribution in [-0.2, 0) is 16.4 Å². The zero-order valence-corrected chi connectivity index (χ0v) is 17.2. The SMILES string of the molecule is C[C@H]1Cc2cc(C(=O)NC3CCCCC3)ccc2N1S(=O)(=O)c1ccc(F)cc1. The summed E-state index contributed by atoms with van der Waals surface area (Å²) in [5, 5.41) is 3.10. The van der Waals surface area contributed by atoms with Crippen molar-refractivity contribution in [1.29, 1.82) is 0 Å². The van der Waals surface area contributed by atoms with Crippen LogP contribution < -0.4 is 9.62 Å². The normalized spacial score (nSPS) is 19.8. The van der Waals surface area contributed by atoms with Gasteiger partial charge in [0.25, 0.3) is 15.9 Å². The van der Waals surface area contributed by atoms with E-state index in [4.69, 9.17) is 0 Å². The third kappa shape index (κ3) is 3.88. The number of halogens is 1. The second-order valence-corrected chi connectivity index (χ2v) is 9.77. The minimum Gasteiger partial charge on any atom is -0.349 e. The van der Waals surface area contributed by atoms with Crippen molar-refractivity contribution >= 4 is 21.6 Å². The number of carbonyl (C=O) groups is 1. The highest BCUT2D eigenvalue weighted by Gasteiger charge is 2.36. The van der Waals surface area contributed by atoms with Gasteiger partial charge in [-0.25, -0.2) is 12.8 Å². The maximum atomic E-state index is 13.2. The van der Waals surface area contributed by atoms with Gasteiger partial charge < -0.3 is 5.32 Å². The Morgan fingerprint density at radius 2 is 1.76 bits per heavy atom. The summed E-state index contributed by atoms with van der Waals surface area (Å²) in [4.78, 5) is 12.7. The fraction of sp³-hybridized carbons (Fsp3) is 0.409. The first-order valence-corrected chi connectivity index (χ1v) is 11.5. The molecule has 1 saturated carbocycles. The van der Waals surface area contributed by atoms with Gasteiger partial charge in [0.05, 0.1) is 10.6 Å². The fourth-order valence-electron chi connectivity index (χ4n) is 4.35. The van der Waals surface area contributed by atoms with E-state index in [1.165, 1.54) is 22.9 Å². The lowest BCUT2D eigenvalue weighted by Crippen LogP contribution is -2.36. The maximum Gasteiger partial charge on any atom is 0.264 e. The number of fused-ring (bicyclic) bond motifs is 1. The Kier molecular flexibility index (Phi) is 5.34. The molecule has 1 heterocycles. The van der Waals surface area contributed by atoms with Gasteiger partial charge in [0.1, 0.15) is 5.82 Å². The highest BCUT2D eigenvalue weighted by molar-refractivity contribution is 7.92. The summed E-state index contributed by atoms with van der Waals surface area (Å²) >= 11 is 0. The monoisotopic (exact) mass is 416 g/mol. The first-order chi connectivity index (χ1) is 13.9. The third-order valence-corrected chi connectivity index (χ3v) is 7.75. The number of sulfonamides is 1. The molecule has 1 fully saturated rings. The standard InChI is InChI=1S/C22H25FN2O3S/c1-15-13-17-14-16(22(26)24-19-5-3-2-4-6-19)7-12-21(17)25(15)29(27,28)20-10-8-18(23)9-11-20/h7-12,14-15,19H,2-6,13H2,1H3,(H,24,26)/t15-/m0/s1. The molecule has 2 aromatic rings. The number of carbonyl (C=O) groups excluding carboxylic acids is 1. The molecule has 4 rings (SSSR count). The van der Waals surface area contributed by atoms with Gasteiger partial charge in [-0.2, -0.15) is 0 Å². The van der Waals surface area contributed by atoms with Gasteiger partial charge >= 0.3 is 0 Å². The summed E-state index contributed by atoms with van der Waals surface area (Å²) in [5.41, 5.74) is 1.97. The smallest absolute Gasteiger partial charge is 0.264 e. The summed E-state index contributed by atoms with van der Waals surface area (Å²) in [7, 11) is -3.81. The van der Waals surface area contributed by atoms with Crippen molar-refractivity contribution < 1.29 is 17.6 Å². The van der Waals surface area contributed by atoms with Crippen molar-refractivity contribution in [1.82, 2.24) is 5.32 Å². The average molecular weight is 417 g/mol. The molecular formula is C22H25FN2O3S. The summed E-state index contributed by atoms with van der Waals surface area (Å²) in [6.45, 7) is 1.84. The Bertz CT molecular complexity index is 1010. The molecule has 2 aromatic carbocycles. The second kappa shape index (κ2) is 7.78. The Balaban J connectivity index is 1.59. The lowest BCUT2D eigenvalue weighted by atomic mass is 9.95. The number of nitrogens with zero attached hydrogens (tertiary/aromatic N) is 1. The lowest BCUT2D eigenvalue weighted by Gasteiger charge is -2.25. The van der Waals surface area contributed by atoms with E-state index >= 15 is 0 Å². The zero-order chi connectivity index (χ0) is 20.6. The lowest BCUT2D eigenvalue weighted by molar-refractivity contribution is 0.0927. The van der Waals surface area contributed by atoms with Gasteiger partial charge in [0.2, 0.25) is 0 Å². The van der Waals surface area contributed by atoms with Crippen LogP contribution >= 0.6 is 0 Å². The Hall–Kier alpha value is -2.41. The largest absolute Gasteiger partial charge is 0.349 e. The number of benzene rings is 2. The van der Waals surface area contributed by atoms with Gasteiger partial charge in [-0.05, 0) is 74.2 Å². The van der Waals surface area contributed by atoms with Crippen molar-refractivity contribution in [2.45, 2.75) is 62.4 Å². The van der Waals surface area contributed by atoms with Crippen molar-refractivity contribution in [3.05, 3.63) is 59.4 Å². The van der Waals surface area contributed by atoms with Crippen molar-refractivity contribution in [3.8, 4) is 0 Å². The van der Waals surface area contributed by atoms with Gasteiger partial charge in [0.15, 0.2) is 0 Å². The molecule has 1 amide bonds. The molecule has 154 valence electrons. The molecule has 0 spiro atoms. The van der Waals surface area contributed by atoms with Crippen LogP contribution in [0.15, 0.2) is 47.4 Å². The van der Waals surface area contributed by atoms with Gasteiger partial charge in [-0.3, -0.25) is 9.10 Å². The van der Waals surface area contributed by atoms with Gasteiger partial charge in [0, 0.05) is 17.6 Å². The molecule has 2 aliphatic rings. The van der Waals surface area contributed by atoms with E-state index in [-0.39, 0.29) is 22.9 Å². The minimum absolute atomic E-state index is 0.0534. The van der Waals surface area contributed by atoms with Crippen LogP contribution in [0.3, 0.4) is 0 Å². The molecule has 0 bridgehead atoms. The Morgan fingerprint density at radius 1 is 1.07 bits per heavy atom. The number of hydrogen-bond donors (Lipinski definition) is 1. The number of rotatable bonds is 4. The third-order valence-electron chi connectivity index (χ3n) is 5.81. The van der Waals surface area contributed by atoms with Gasteiger partial charge in [-0.15, -0.1) is 0 Å². The highest BCUT2D eigenvalue weighted by Crippen LogP contribution is 2.37. The van der Waals surface area contributed by atoms with Crippen LogP contribution in [-0.4, -0.2) is 26.4 Å². The van der Waals surface area contributed by atoms with Crippen LogP contribution in [0.5, 0.6) is 0 Å². The summed E-state index contributed by atoms with van der Waals surface area (Å²) in [5.74, 6) is -0.584. The fourth-order valence-corrected chi connectivity index (χ4v) is 6.04. The summed E-state index contributed by atoms with van der Waals surface area (Å²) < 4.78 is 40.8. The van der Waals surface area contributed by atoms with Crippen molar-refractivity contribution in [2.24, 2.45) is 0 Å². The van der Waals surface area contributed by atoms with Gasteiger partial charge in [-0.1, -0.05) is 19.3 Å². The molecule has 0 radical (unpaired) electrons. The number of nitrogens with one attached hydrogen (secondary N) is 1.